The minimum Gasteiger partial charge on any atom is -0.488 e. The third kappa shape index (κ3) is 4.77. The van der Waals surface area contributed by atoms with Crippen LogP contribution >= 0.6 is 0 Å². The fourth-order valence-electron chi connectivity index (χ4n) is 5.25. The molecule has 11 heteroatoms. The average Bonchev–Trinajstić information content (AvgIpc) is 3.33. The van der Waals surface area contributed by atoms with Crippen molar-refractivity contribution in [2.24, 2.45) is 5.73 Å². The van der Waals surface area contributed by atoms with Crippen LogP contribution in [-0.2, 0) is 4.74 Å². The monoisotopic (exact) mass is 514 g/mol. The van der Waals surface area contributed by atoms with Crippen LogP contribution in [0.3, 0.4) is 0 Å². The van der Waals surface area contributed by atoms with Gasteiger partial charge in [0.15, 0.2) is 17.3 Å². The van der Waals surface area contributed by atoms with Crippen molar-refractivity contribution in [2.75, 3.05) is 24.7 Å². The molecule has 6 heterocycles. The number of carbonyl (C=O) groups is 1. The number of hydrogen-bond acceptors (Lipinski definition) is 9. The Morgan fingerprint density at radius 3 is 2.68 bits per heavy atom. The number of carbonyl (C=O) groups excluding carboxylic acids is 1. The highest BCUT2D eigenvalue weighted by atomic mass is 16.5. The van der Waals surface area contributed by atoms with Crippen LogP contribution in [0.2, 0.25) is 0 Å². The van der Waals surface area contributed by atoms with Crippen LogP contribution in [0.1, 0.15) is 35.9 Å². The van der Waals surface area contributed by atoms with E-state index in [2.05, 4.69) is 32.6 Å². The summed E-state index contributed by atoms with van der Waals surface area (Å²) < 4.78 is 14.1. The van der Waals surface area contributed by atoms with Gasteiger partial charge in [0.05, 0.1) is 24.9 Å². The third-order valence-electron chi connectivity index (χ3n) is 7.04. The molecule has 2 atom stereocenters. The molecule has 6 rings (SSSR count). The number of hydrogen-bond donors (Lipinski definition) is 2. The second kappa shape index (κ2) is 9.99. The highest BCUT2D eigenvalue weighted by molar-refractivity contribution is 5.90. The summed E-state index contributed by atoms with van der Waals surface area (Å²) in [4.78, 5) is 17.8. The van der Waals surface area contributed by atoms with Gasteiger partial charge in [-0.3, -0.25) is 9.78 Å². The van der Waals surface area contributed by atoms with E-state index in [1.54, 1.807) is 12.1 Å². The van der Waals surface area contributed by atoms with Crippen molar-refractivity contribution in [3.05, 3.63) is 60.2 Å². The van der Waals surface area contributed by atoms with Crippen LogP contribution in [0, 0.1) is 6.92 Å². The minimum atomic E-state index is -0.612. The summed E-state index contributed by atoms with van der Waals surface area (Å²) in [5.41, 5.74) is 9.29. The number of aromatic nitrogens is 5. The Bertz CT molecular complexity index is 1460. The van der Waals surface area contributed by atoms with Gasteiger partial charge in [-0.25, -0.2) is 4.52 Å². The molecule has 0 spiro atoms. The normalized spacial score (nSPS) is 20.8. The van der Waals surface area contributed by atoms with Crippen molar-refractivity contribution in [3.63, 3.8) is 0 Å². The number of primary amides is 1. The van der Waals surface area contributed by atoms with Crippen molar-refractivity contribution >= 4 is 23.1 Å². The third-order valence-corrected chi connectivity index (χ3v) is 7.04. The smallest absolute Gasteiger partial charge is 0.269 e. The highest BCUT2D eigenvalue weighted by Gasteiger charge is 2.33. The minimum absolute atomic E-state index is 0.115. The molecule has 11 nitrogen and oxygen atoms in total. The van der Waals surface area contributed by atoms with Gasteiger partial charge in [0.1, 0.15) is 11.9 Å². The van der Waals surface area contributed by atoms with Gasteiger partial charge in [0.25, 0.3) is 5.91 Å². The summed E-state index contributed by atoms with van der Waals surface area (Å²) in [5, 5.41) is 16.5. The second-order valence-electron chi connectivity index (χ2n) is 9.80. The molecule has 3 N–H and O–H groups in total. The predicted octanol–water partition coefficient (Wildman–Crippen LogP) is 2.65. The van der Waals surface area contributed by atoms with E-state index in [1.165, 1.54) is 0 Å². The largest absolute Gasteiger partial charge is 0.488 e. The summed E-state index contributed by atoms with van der Waals surface area (Å²) in [7, 11) is 0. The number of nitrogens with two attached hydrogens (primary N) is 1. The molecule has 0 aromatic carbocycles. The molecular weight excluding hydrogens is 484 g/mol. The fraction of sp³-hybridized carbons (Fsp3) is 0.370. The Kier molecular flexibility index (Phi) is 6.38. The van der Waals surface area contributed by atoms with Crippen molar-refractivity contribution in [1.82, 2.24) is 30.1 Å². The molecule has 4 aromatic rings. The molecule has 2 aliphatic rings. The van der Waals surface area contributed by atoms with Crippen LogP contribution in [0.25, 0.3) is 16.6 Å². The van der Waals surface area contributed by atoms with Gasteiger partial charge in [-0.05, 0) is 49.7 Å². The number of pyridine rings is 2. The molecule has 2 bridgehead atoms. The number of nitrogens with zero attached hydrogens (tertiary/aromatic N) is 6. The summed E-state index contributed by atoms with van der Waals surface area (Å²) >= 11 is 0. The lowest BCUT2D eigenvalue weighted by Gasteiger charge is -2.40. The van der Waals surface area contributed by atoms with Gasteiger partial charge in [-0.2, -0.15) is 0 Å². The SMILES string of the molecule is CCN(c1ccc(C(N)=O)nn1)c1cc2cc(-c3cc(C)ncc3OC3CC4COCC(C3)N4)ccn2n1. The number of nitrogens with one attached hydrogen (secondary N) is 1. The van der Waals surface area contributed by atoms with Crippen molar-refractivity contribution in [1.29, 1.82) is 0 Å². The Balaban J connectivity index is 1.29. The quantitative estimate of drug-likeness (QED) is 0.382. The Morgan fingerprint density at radius 2 is 1.97 bits per heavy atom. The molecule has 2 unspecified atom stereocenters. The Labute approximate surface area is 220 Å². The number of ether oxygens (including phenoxy) is 2. The molecular formula is C27H30N8O3. The van der Waals surface area contributed by atoms with E-state index in [1.807, 2.05) is 47.8 Å². The number of amides is 1. The molecule has 2 saturated heterocycles. The highest BCUT2D eigenvalue weighted by Crippen LogP contribution is 2.34. The zero-order valence-electron chi connectivity index (χ0n) is 21.4. The van der Waals surface area contributed by atoms with Crippen LogP contribution in [0.4, 0.5) is 11.6 Å². The standard InChI is InChI=1S/C27H30N8O3/c1-3-34(25-5-4-23(27(28)36)31-32-25)26-12-20-9-17(6-7-35(20)33-26)22-8-16(2)29-13-24(22)38-21-10-18-14-37-15-19(11-21)30-18/h4-9,12-13,18-19,21,30H,3,10-11,14-15H2,1-2H3,(H2,28,36). The van der Waals surface area contributed by atoms with E-state index < -0.39 is 5.91 Å². The van der Waals surface area contributed by atoms with Gasteiger partial charge in [-0.1, -0.05) is 0 Å². The summed E-state index contributed by atoms with van der Waals surface area (Å²) in [6.45, 7) is 6.06. The van der Waals surface area contributed by atoms with E-state index in [0.29, 0.717) is 24.4 Å². The van der Waals surface area contributed by atoms with E-state index in [9.17, 15) is 4.79 Å². The molecule has 0 saturated carbocycles. The molecule has 1 amide bonds. The van der Waals surface area contributed by atoms with Crippen molar-refractivity contribution in [3.8, 4) is 16.9 Å². The lowest BCUT2D eigenvalue weighted by atomic mass is 9.94. The predicted molar refractivity (Wildman–Crippen MR) is 142 cm³/mol. The molecule has 2 fully saturated rings. The van der Waals surface area contributed by atoms with E-state index in [0.717, 1.165) is 60.0 Å². The first kappa shape index (κ1) is 24.3. The number of anilines is 2. The summed E-state index contributed by atoms with van der Waals surface area (Å²) in [6.07, 6.45) is 5.70. The van der Waals surface area contributed by atoms with Crippen LogP contribution in [-0.4, -0.2) is 68.6 Å². The molecule has 38 heavy (non-hydrogen) atoms. The van der Waals surface area contributed by atoms with E-state index >= 15 is 0 Å². The van der Waals surface area contributed by atoms with Crippen molar-refractivity contribution in [2.45, 2.75) is 44.9 Å². The lowest BCUT2D eigenvalue weighted by Crippen LogP contribution is -2.56. The first-order chi connectivity index (χ1) is 18.5. The van der Waals surface area contributed by atoms with Gasteiger partial charge < -0.3 is 25.4 Å². The van der Waals surface area contributed by atoms with Crippen LogP contribution in [0.15, 0.2) is 48.8 Å². The van der Waals surface area contributed by atoms with Crippen LogP contribution in [0.5, 0.6) is 5.75 Å². The maximum absolute atomic E-state index is 11.4. The summed E-state index contributed by atoms with van der Waals surface area (Å²) in [5.74, 6) is 1.47. The number of piperidine rings is 1. The number of aryl methyl sites for hydroxylation is 1. The lowest BCUT2D eigenvalue weighted by molar-refractivity contribution is -0.0122. The first-order valence-electron chi connectivity index (χ1n) is 12.8. The maximum atomic E-state index is 11.4. The molecule has 196 valence electrons. The maximum Gasteiger partial charge on any atom is 0.269 e. The second-order valence-corrected chi connectivity index (χ2v) is 9.80. The molecule has 2 aliphatic heterocycles. The topological polar surface area (TPSA) is 133 Å². The van der Waals surface area contributed by atoms with E-state index in [4.69, 9.17) is 20.3 Å². The fourth-order valence-corrected chi connectivity index (χ4v) is 5.25. The van der Waals surface area contributed by atoms with E-state index in [-0.39, 0.29) is 11.8 Å². The first-order valence-corrected chi connectivity index (χ1v) is 12.8. The molecule has 0 aliphatic carbocycles. The van der Waals surface area contributed by atoms with Gasteiger partial charge in [0, 0.05) is 55.0 Å². The Hall–Kier alpha value is -4.09. The zero-order chi connectivity index (χ0) is 26.2. The number of morpholine rings is 1. The average molecular weight is 515 g/mol. The van der Waals surface area contributed by atoms with Crippen LogP contribution < -0.4 is 20.7 Å². The van der Waals surface area contributed by atoms with Crippen molar-refractivity contribution < 1.29 is 14.3 Å². The van der Waals surface area contributed by atoms with Gasteiger partial charge in [-0.15, -0.1) is 15.3 Å². The zero-order valence-corrected chi connectivity index (χ0v) is 21.4. The number of fused-ring (bicyclic) bond motifs is 3. The van der Waals surface area contributed by atoms with Gasteiger partial charge >= 0.3 is 0 Å². The molecule has 0 radical (unpaired) electrons. The summed E-state index contributed by atoms with van der Waals surface area (Å²) in [6, 6.07) is 12.1. The Morgan fingerprint density at radius 1 is 1.16 bits per heavy atom. The molecule has 4 aromatic heterocycles. The number of rotatable bonds is 7. The van der Waals surface area contributed by atoms with Gasteiger partial charge in [0.2, 0.25) is 0 Å².